The number of benzene rings is 2. The lowest BCUT2D eigenvalue weighted by molar-refractivity contribution is 0.269. The first-order chi connectivity index (χ1) is 13.8. The van der Waals surface area contributed by atoms with Crippen LogP contribution >= 0.6 is 11.6 Å². The maximum atomic E-state index is 13.8. The van der Waals surface area contributed by atoms with Crippen LogP contribution in [0, 0.1) is 12.7 Å². The molecule has 0 unspecified atom stereocenters. The van der Waals surface area contributed by atoms with Gasteiger partial charge in [0, 0.05) is 19.1 Å². The van der Waals surface area contributed by atoms with Gasteiger partial charge in [0.05, 0.1) is 27.1 Å². The normalized spacial score (nSPS) is 16.4. The summed E-state index contributed by atoms with van der Waals surface area (Å²) >= 11 is 6.10. The monoisotopic (exact) mass is 435 g/mol. The van der Waals surface area contributed by atoms with Gasteiger partial charge in [-0.2, -0.15) is 4.31 Å². The first kappa shape index (κ1) is 20.0. The summed E-state index contributed by atoms with van der Waals surface area (Å²) in [5, 5.41) is 0.850. The second-order valence-corrected chi connectivity index (χ2v) is 9.48. The van der Waals surface area contributed by atoms with E-state index in [0.29, 0.717) is 34.3 Å². The highest BCUT2D eigenvalue weighted by Gasteiger charge is 2.31. The Labute approximate surface area is 172 Å². The van der Waals surface area contributed by atoms with Crippen molar-refractivity contribution in [2.45, 2.75) is 30.7 Å². The minimum absolute atomic E-state index is 0.0572. The number of piperidine rings is 1. The fourth-order valence-electron chi connectivity index (χ4n) is 3.63. The molecule has 0 atom stereocenters. The van der Waals surface area contributed by atoms with Gasteiger partial charge in [-0.05, 0) is 49.6 Å². The number of halogens is 2. The third-order valence-electron chi connectivity index (χ3n) is 5.36. The fraction of sp³-hybridized carbons (Fsp3) is 0.300. The summed E-state index contributed by atoms with van der Waals surface area (Å²) in [6, 6.07) is 8.82. The molecule has 1 aliphatic rings. The molecule has 1 fully saturated rings. The fourth-order valence-corrected chi connectivity index (χ4v) is 5.34. The summed E-state index contributed by atoms with van der Waals surface area (Å²) in [6.07, 6.45) is 2.39. The van der Waals surface area contributed by atoms with E-state index < -0.39 is 15.8 Å². The first-order valence-corrected chi connectivity index (χ1v) is 11.0. The van der Waals surface area contributed by atoms with Gasteiger partial charge < -0.3 is 0 Å². The zero-order valence-electron chi connectivity index (χ0n) is 15.7. The van der Waals surface area contributed by atoms with Gasteiger partial charge in [0.25, 0.3) is 5.56 Å². The molecular formula is C20H19ClFN3O3S. The van der Waals surface area contributed by atoms with Gasteiger partial charge in [-0.1, -0.05) is 23.7 Å². The van der Waals surface area contributed by atoms with Crippen molar-refractivity contribution in [2.24, 2.45) is 0 Å². The van der Waals surface area contributed by atoms with Crippen molar-refractivity contribution in [3.8, 4) is 0 Å². The van der Waals surface area contributed by atoms with Gasteiger partial charge in [-0.3, -0.25) is 9.36 Å². The van der Waals surface area contributed by atoms with Gasteiger partial charge in [0.15, 0.2) is 0 Å². The Balaban J connectivity index is 1.57. The molecule has 6 nitrogen and oxygen atoms in total. The number of sulfonamides is 1. The molecule has 0 aliphatic carbocycles. The predicted molar refractivity (Wildman–Crippen MR) is 109 cm³/mol. The Bertz CT molecular complexity index is 1250. The van der Waals surface area contributed by atoms with Gasteiger partial charge in [0.1, 0.15) is 5.82 Å². The summed E-state index contributed by atoms with van der Waals surface area (Å²) in [4.78, 5) is 17.1. The molecule has 2 aromatic carbocycles. The van der Waals surface area contributed by atoms with Crippen LogP contribution in [0.2, 0.25) is 5.02 Å². The van der Waals surface area contributed by atoms with E-state index in [2.05, 4.69) is 4.98 Å². The smallest absolute Gasteiger partial charge is 0.261 e. The van der Waals surface area contributed by atoms with Crippen molar-refractivity contribution in [1.82, 2.24) is 13.9 Å². The quantitative estimate of drug-likeness (QED) is 0.631. The molecule has 0 N–H and O–H groups in total. The van der Waals surface area contributed by atoms with E-state index in [1.165, 1.54) is 22.8 Å². The first-order valence-electron chi connectivity index (χ1n) is 9.20. The van der Waals surface area contributed by atoms with Crippen LogP contribution in [0.25, 0.3) is 10.9 Å². The molecule has 1 saturated heterocycles. The minimum atomic E-state index is -3.78. The number of para-hydroxylation sites is 1. The van der Waals surface area contributed by atoms with Crippen LogP contribution in [0.5, 0.6) is 0 Å². The average Bonchev–Trinajstić information content (AvgIpc) is 2.71. The standard InChI is InChI=1S/C20H19ClFN3O3S/c1-13-5-6-15(11-18(13)22)29(27,28)24-9-7-14(8-10-24)25-12-23-19-16(20(25)26)3-2-4-17(19)21/h2-6,11-12,14H,7-10H2,1H3. The Morgan fingerprint density at radius 1 is 1.17 bits per heavy atom. The number of aryl methyl sites for hydroxylation is 1. The van der Waals surface area contributed by atoms with Crippen LogP contribution in [0.15, 0.2) is 52.4 Å². The van der Waals surface area contributed by atoms with E-state index in [0.717, 1.165) is 6.07 Å². The summed E-state index contributed by atoms with van der Waals surface area (Å²) in [5.74, 6) is -0.548. The van der Waals surface area contributed by atoms with Crippen LogP contribution in [0.4, 0.5) is 4.39 Å². The Kier molecular flexibility index (Phi) is 5.18. The van der Waals surface area contributed by atoms with E-state index in [1.54, 1.807) is 29.7 Å². The Morgan fingerprint density at radius 3 is 2.59 bits per heavy atom. The van der Waals surface area contributed by atoms with Crippen molar-refractivity contribution in [3.63, 3.8) is 0 Å². The van der Waals surface area contributed by atoms with Crippen LogP contribution in [-0.4, -0.2) is 35.4 Å². The second-order valence-electron chi connectivity index (χ2n) is 7.14. The van der Waals surface area contributed by atoms with E-state index in [1.807, 2.05) is 0 Å². The molecule has 29 heavy (non-hydrogen) atoms. The molecule has 152 valence electrons. The zero-order valence-corrected chi connectivity index (χ0v) is 17.3. The highest BCUT2D eigenvalue weighted by molar-refractivity contribution is 7.89. The molecule has 1 aromatic heterocycles. The van der Waals surface area contributed by atoms with Crippen molar-refractivity contribution in [1.29, 1.82) is 0 Å². The van der Waals surface area contributed by atoms with Crippen LogP contribution in [-0.2, 0) is 10.0 Å². The maximum absolute atomic E-state index is 13.8. The lowest BCUT2D eigenvalue weighted by Gasteiger charge is -2.32. The predicted octanol–water partition coefficient (Wildman–Crippen LogP) is 3.52. The lowest BCUT2D eigenvalue weighted by Crippen LogP contribution is -2.40. The third kappa shape index (κ3) is 3.56. The van der Waals surface area contributed by atoms with Gasteiger partial charge >= 0.3 is 0 Å². The molecule has 0 radical (unpaired) electrons. The number of hydrogen-bond donors (Lipinski definition) is 0. The summed E-state index contributed by atoms with van der Waals surface area (Å²) in [7, 11) is -3.78. The van der Waals surface area contributed by atoms with Crippen LogP contribution in [0.3, 0.4) is 0 Å². The molecule has 3 aromatic rings. The van der Waals surface area contributed by atoms with Crippen molar-refractivity contribution >= 4 is 32.5 Å². The van der Waals surface area contributed by atoms with Gasteiger partial charge in [-0.25, -0.2) is 17.8 Å². The van der Waals surface area contributed by atoms with Crippen molar-refractivity contribution in [2.75, 3.05) is 13.1 Å². The SMILES string of the molecule is Cc1ccc(S(=O)(=O)N2CCC(n3cnc4c(Cl)cccc4c3=O)CC2)cc1F. The summed E-state index contributed by atoms with van der Waals surface area (Å²) in [6.45, 7) is 2.06. The number of nitrogens with zero attached hydrogens (tertiary/aromatic N) is 3. The van der Waals surface area contributed by atoms with Crippen molar-refractivity contribution < 1.29 is 12.8 Å². The van der Waals surface area contributed by atoms with Crippen molar-refractivity contribution in [3.05, 3.63) is 69.5 Å². The Morgan fingerprint density at radius 2 is 1.90 bits per heavy atom. The number of hydrogen-bond acceptors (Lipinski definition) is 4. The zero-order chi connectivity index (χ0) is 20.8. The molecule has 0 spiro atoms. The van der Waals surface area contributed by atoms with Gasteiger partial charge in [0.2, 0.25) is 10.0 Å². The lowest BCUT2D eigenvalue weighted by atomic mass is 10.1. The average molecular weight is 436 g/mol. The van der Waals surface area contributed by atoms with Gasteiger partial charge in [-0.15, -0.1) is 0 Å². The second kappa shape index (κ2) is 7.51. The molecule has 2 heterocycles. The highest BCUT2D eigenvalue weighted by Crippen LogP contribution is 2.27. The number of rotatable bonds is 3. The molecular weight excluding hydrogens is 417 g/mol. The summed E-state index contributed by atoms with van der Waals surface area (Å²) in [5.41, 5.74) is 0.655. The van der Waals surface area contributed by atoms with E-state index in [-0.39, 0.29) is 29.6 Å². The third-order valence-corrected chi connectivity index (χ3v) is 7.56. The molecule has 0 amide bonds. The molecule has 1 aliphatic heterocycles. The Hall–Kier alpha value is -2.29. The van der Waals surface area contributed by atoms with Crippen LogP contribution < -0.4 is 5.56 Å². The minimum Gasteiger partial charge on any atom is -0.296 e. The molecule has 0 bridgehead atoms. The molecule has 9 heteroatoms. The highest BCUT2D eigenvalue weighted by atomic mass is 35.5. The van der Waals surface area contributed by atoms with E-state index in [4.69, 9.17) is 11.6 Å². The largest absolute Gasteiger partial charge is 0.296 e. The van der Waals surface area contributed by atoms with E-state index >= 15 is 0 Å². The summed E-state index contributed by atoms with van der Waals surface area (Å²) < 4.78 is 42.4. The molecule has 0 saturated carbocycles. The molecule has 4 rings (SSSR count). The topological polar surface area (TPSA) is 72.3 Å². The number of aromatic nitrogens is 2. The van der Waals surface area contributed by atoms with E-state index in [9.17, 15) is 17.6 Å². The number of fused-ring (bicyclic) bond motifs is 1. The van der Waals surface area contributed by atoms with Crippen LogP contribution in [0.1, 0.15) is 24.4 Å². The maximum Gasteiger partial charge on any atom is 0.261 e.